The van der Waals surface area contributed by atoms with Crippen LogP contribution in [0.2, 0.25) is 0 Å². The summed E-state index contributed by atoms with van der Waals surface area (Å²) in [7, 11) is 0. The Balaban J connectivity index is 1.40. The lowest BCUT2D eigenvalue weighted by Gasteiger charge is -2.07. The van der Waals surface area contributed by atoms with Crippen molar-refractivity contribution < 1.29 is 14.3 Å². The molecule has 0 aliphatic rings. The van der Waals surface area contributed by atoms with Gasteiger partial charge in [0.05, 0.1) is 0 Å². The number of benzene rings is 2. The number of esters is 1. The second kappa shape index (κ2) is 9.75. The van der Waals surface area contributed by atoms with Crippen molar-refractivity contribution in [1.29, 1.82) is 0 Å². The van der Waals surface area contributed by atoms with E-state index >= 15 is 0 Å². The summed E-state index contributed by atoms with van der Waals surface area (Å²) in [5.74, 6) is -0.235. The van der Waals surface area contributed by atoms with Crippen molar-refractivity contribution in [3.63, 3.8) is 0 Å². The number of H-pyrrole nitrogens is 1. The van der Waals surface area contributed by atoms with Crippen LogP contribution in [0.4, 0.5) is 0 Å². The number of thioether (sulfide) groups is 1. The van der Waals surface area contributed by atoms with Crippen LogP contribution in [-0.2, 0) is 9.53 Å². The first-order valence-electron chi connectivity index (χ1n) is 8.87. The van der Waals surface area contributed by atoms with Gasteiger partial charge in [-0.1, -0.05) is 36.4 Å². The predicted octanol–water partition coefficient (Wildman–Crippen LogP) is 2.98. The molecule has 6 nitrogen and oxygen atoms in total. The zero-order valence-corrected chi connectivity index (χ0v) is 16.0. The number of hydrogen-bond acceptors (Lipinski definition) is 5. The molecule has 28 heavy (non-hydrogen) atoms. The van der Waals surface area contributed by atoms with Crippen LogP contribution in [0.3, 0.4) is 0 Å². The molecule has 1 amide bonds. The first kappa shape index (κ1) is 19.7. The van der Waals surface area contributed by atoms with E-state index in [1.807, 2.05) is 30.3 Å². The molecule has 2 aromatic carbocycles. The third-order valence-electron chi connectivity index (χ3n) is 3.96. The van der Waals surface area contributed by atoms with Gasteiger partial charge in [0.2, 0.25) is 0 Å². The number of ether oxygens (including phenoxy) is 1. The average molecular weight is 396 g/mol. The summed E-state index contributed by atoms with van der Waals surface area (Å²) < 4.78 is 4.99. The smallest absolute Gasteiger partial charge is 0.355 e. The molecule has 3 rings (SSSR count). The minimum Gasteiger partial charge on any atom is -0.451 e. The molecule has 2 N–H and O–H groups in total. The van der Waals surface area contributed by atoms with Crippen molar-refractivity contribution >= 4 is 34.4 Å². The lowest BCUT2D eigenvalue weighted by molar-refractivity contribution is -0.124. The van der Waals surface area contributed by atoms with E-state index in [0.29, 0.717) is 17.3 Å². The van der Waals surface area contributed by atoms with Crippen LogP contribution in [0.5, 0.6) is 0 Å². The Morgan fingerprint density at radius 3 is 2.61 bits per heavy atom. The molecule has 0 saturated carbocycles. The largest absolute Gasteiger partial charge is 0.451 e. The van der Waals surface area contributed by atoms with Crippen molar-refractivity contribution in [2.45, 2.75) is 11.3 Å². The van der Waals surface area contributed by atoms with Crippen LogP contribution < -0.4 is 10.9 Å². The highest BCUT2D eigenvalue weighted by Crippen LogP contribution is 2.17. The molecule has 3 aromatic rings. The van der Waals surface area contributed by atoms with E-state index in [2.05, 4.69) is 10.3 Å². The quantitative estimate of drug-likeness (QED) is 0.347. The molecular formula is C21H20N2O4S. The third kappa shape index (κ3) is 5.47. The zero-order valence-electron chi connectivity index (χ0n) is 15.1. The summed E-state index contributed by atoms with van der Waals surface area (Å²) in [6.07, 6.45) is 0.803. The summed E-state index contributed by atoms with van der Waals surface area (Å²) in [6, 6.07) is 18.5. The Hall–Kier alpha value is -3.06. The van der Waals surface area contributed by atoms with Gasteiger partial charge in [-0.15, -0.1) is 11.8 Å². The van der Waals surface area contributed by atoms with Gasteiger partial charge >= 0.3 is 5.97 Å². The number of aromatic nitrogens is 1. The SMILES string of the molecule is O=C(COC(=O)c1cc2ccccc2c(=O)[nH]1)NCCCSc1ccccc1. The minimum atomic E-state index is -0.738. The molecule has 0 aliphatic carbocycles. The molecule has 0 fully saturated rings. The number of carbonyl (C=O) groups excluding carboxylic acids is 2. The van der Waals surface area contributed by atoms with Gasteiger partial charge in [-0.25, -0.2) is 4.79 Å². The molecule has 0 saturated heterocycles. The number of fused-ring (bicyclic) bond motifs is 1. The summed E-state index contributed by atoms with van der Waals surface area (Å²) in [5, 5.41) is 3.84. The van der Waals surface area contributed by atoms with Crippen LogP contribution >= 0.6 is 11.8 Å². The van der Waals surface area contributed by atoms with E-state index in [9.17, 15) is 14.4 Å². The van der Waals surface area contributed by atoms with Crippen LogP contribution in [0.15, 0.2) is 70.4 Å². The number of aromatic amines is 1. The molecule has 144 valence electrons. The van der Waals surface area contributed by atoms with Crippen LogP contribution in [0, 0.1) is 0 Å². The highest BCUT2D eigenvalue weighted by atomic mass is 32.2. The monoisotopic (exact) mass is 396 g/mol. The first-order valence-corrected chi connectivity index (χ1v) is 9.86. The molecule has 1 heterocycles. The van der Waals surface area contributed by atoms with E-state index in [0.717, 1.165) is 12.2 Å². The molecule has 1 aromatic heterocycles. The second-order valence-electron chi connectivity index (χ2n) is 6.04. The Labute approximate surface area is 166 Å². The number of hydrogen-bond donors (Lipinski definition) is 2. The molecule has 0 radical (unpaired) electrons. The summed E-state index contributed by atoms with van der Waals surface area (Å²) in [4.78, 5) is 39.6. The fourth-order valence-corrected chi connectivity index (χ4v) is 3.46. The van der Waals surface area contributed by atoms with Crippen molar-refractivity contribution in [1.82, 2.24) is 10.3 Å². The Morgan fingerprint density at radius 2 is 1.79 bits per heavy atom. The van der Waals surface area contributed by atoms with Crippen LogP contribution in [-0.4, -0.2) is 35.8 Å². The Morgan fingerprint density at radius 1 is 1.04 bits per heavy atom. The standard InChI is InChI=1S/C21H20N2O4S/c24-19(22-11-6-12-28-16-8-2-1-3-9-16)14-27-21(26)18-13-15-7-4-5-10-17(15)20(25)23-18/h1-5,7-10,13H,6,11-12,14H2,(H,22,24)(H,23,25). The van der Waals surface area contributed by atoms with Crippen LogP contribution in [0.1, 0.15) is 16.9 Å². The van der Waals surface area contributed by atoms with E-state index in [1.54, 1.807) is 36.0 Å². The van der Waals surface area contributed by atoms with Gasteiger partial charge in [0, 0.05) is 16.8 Å². The van der Waals surface area contributed by atoms with Crippen molar-refractivity contribution in [3.8, 4) is 0 Å². The number of rotatable bonds is 8. The van der Waals surface area contributed by atoms with E-state index < -0.39 is 5.97 Å². The van der Waals surface area contributed by atoms with Gasteiger partial charge in [0.25, 0.3) is 11.5 Å². The number of carbonyl (C=O) groups is 2. The molecule has 0 atom stereocenters. The van der Waals surface area contributed by atoms with Gasteiger partial charge in [-0.05, 0) is 41.8 Å². The lowest BCUT2D eigenvalue weighted by Crippen LogP contribution is -2.30. The molecule has 0 unspecified atom stereocenters. The summed E-state index contributed by atoms with van der Waals surface area (Å²) in [5.41, 5.74) is -0.346. The van der Waals surface area contributed by atoms with Gasteiger partial charge in [0.1, 0.15) is 5.69 Å². The fourth-order valence-electron chi connectivity index (χ4n) is 2.59. The number of pyridine rings is 1. The van der Waals surface area contributed by atoms with Gasteiger partial charge < -0.3 is 15.0 Å². The zero-order chi connectivity index (χ0) is 19.8. The molecule has 0 spiro atoms. The summed E-state index contributed by atoms with van der Waals surface area (Å²) >= 11 is 1.72. The Bertz CT molecular complexity index is 1020. The van der Waals surface area contributed by atoms with E-state index in [1.165, 1.54) is 11.0 Å². The van der Waals surface area contributed by atoms with E-state index in [4.69, 9.17) is 4.74 Å². The maximum Gasteiger partial charge on any atom is 0.355 e. The highest BCUT2D eigenvalue weighted by molar-refractivity contribution is 7.99. The predicted molar refractivity (Wildman–Crippen MR) is 110 cm³/mol. The number of nitrogens with one attached hydrogen (secondary N) is 2. The maximum absolute atomic E-state index is 12.1. The Kier molecular flexibility index (Phi) is 6.86. The van der Waals surface area contributed by atoms with Gasteiger partial charge in [-0.3, -0.25) is 9.59 Å². The van der Waals surface area contributed by atoms with E-state index in [-0.39, 0.29) is 23.8 Å². The highest BCUT2D eigenvalue weighted by Gasteiger charge is 2.12. The summed E-state index contributed by atoms with van der Waals surface area (Å²) in [6.45, 7) is 0.114. The lowest BCUT2D eigenvalue weighted by atomic mass is 10.1. The first-order chi connectivity index (χ1) is 13.6. The van der Waals surface area contributed by atoms with Crippen molar-refractivity contribution in [2.24, 2.45) is 0 Å². The minimum absolute atomic E-state index is 0.0239. The fraction of sp³-hybridized carbons (Fsp3) is 0.190. The van der Waals surface area contributed by atoms with Gasteiger partial charge in [0.15, 0.2) is 6.61 Å². The topological polar surface area (TPSA) is 88.3 Å². The molecular weight excluding hydrogens is 376 g/mol. The average Bonchev–Trinajstić information content (AvgIpc) is 2.72. The maximum atomic E-state index is 12.1. The number of amides is 1. The second-order valence-corrected chi connectivity index (χ2v) is 7.21. The van der Waals surface area contributed by atoms with Crippen LogP contribution in [0.25, 0.3) is 10.8 Å². The normalized spacial score (nSPS) is 10.6. The molecule has 0 aliphatic heterocycles. The van der Waals surface area contributed by atoms with Gasteiger partial charge in [-0.2, -0.15) is 0 Å². The third-order valence-corrected chi connectivity index (χ3v) is 5.06. The van der Waals surface area contributed by atoms with Crippen molar-refractivity contribution in [3.05, 3.63) is 76.7 Å². The molecule has 7 heteroatoms. The molecule has 0 bridgehead atoms. The van der Waals surface area contributed by atoms with Crippen molar-refractivity contribution in [2.75, 3.05) is 18.9 Å².